The van der Waals surface area contributed by atoms with Crippen LogP contribution in [0.1, 0.15) is 27.4 Å². The Labute approximate surface area is 124 Å². The first-order chi connectivity index (χ1) is 9.90. The first-order valence-electron chi connectivity index (χ1n) is 5.93. The minimum Gasteiger partial charge on any atom is -0.457 e. The minimum absolute atomic E-state index is 0.00663. The Balaban J connectivity index is 2.12. The molecule has 0 aliphatic carbocycles. The van der Waals surface area contributed by atoms with Crippen LogP contribution in [-0.4, -0.2) is 16.0 Å². The van der Waals surface area contributed by atoms with Crippen LogP contribution in [0.25, 0.3) is 0 Å². The summed E-state index contributed by atoms with van der Waals surface area (Å²) in [6.07, 6.45) is 0. The third-order valence-corrected chi connectivity index (χ3v) is 3.22. The minimum atomic E-state index is -0.671. The summed E-state index contributed by atoms with van der Waals surface area (Å²) < 4.78 is 10.1. The average molecular weight is 311 g/mol. The van der Waals surface area contributed by atoms with Crippen molar-refractivity contribution in [3.8, 4) is 0 Å². The molecule has 0 aliphatic heterocycles. The number of non-ortho nitro benzene ring substituents is 1. The van der Waals surface area contributed by atoms with Crippen molar-refractivity contribution >= 4 is 23.3 Å². The highest BCUT2D eigenvalue weighted by molar-refractivity contribution is 6.33. The molecule has 0 unspecified atom stereocenters. The van der Waals surface area contributed by atoms with Crippen LogP contribution in [-0.2, 0) is 11.3 Å². The standard InChI is InChI=1S/C13H11ClN2O5/c1-7-11(8(2)21-15-7)6-20-13(17)10-4-3-9(16(18)19)5-12(10)14/h3-5H,6H2,1-2H3. The molecule has 0 bridgehead atoms. The molecule has 8 heteroatoms. The molecular formula is C13H11ClN2O5. The Morgan fingerprint density at radius 3 is 2.71 bits per heavy atom. The van der Waals surface area contributed by atoms with E-state index in [9.17, 15) is 14.9 Å². The third-order valence-electron chi connectivity index (χ3n) is 2.91. The lowest BCUT2D eigenvalue weighted by Crippen LogP contribution is -2.07. The van der Waals surface area contributed by atoms with Crippen LogP contribution in [0.15, 0.2) is 22.7 Å². The van der Waals surface area contributed by atoms with Crippen molar-refractivity contribution in [1.29, 1.82) is 0 Å². The Hall–Kier alpha value is -2.41. The molecule has 1 aromatic carbocycles. The summed E-state index contributed by atoms with van der Waals surface area (Å²) in [5.74, 6) is -0.106. The van der Waals surface area contributed by atoms with Gasteiger partial charge in [-0.1, -0.05) is 16.8 Å². The Morgan fingerprint density at radius 1 is 1.48 bits per heavy atom. The summed E-state index contributed by atoms with van der Waals surface area (Å²) in [5, 5.41) is 14.3. The molecule has 0 fully saturated rings. The topological polar surface area (TPSA) is 95.5 Å². The van der Waals surface area contributed by atoms with Crippen LogP contribution in [0.5, 0.6) is 0 Å². The lowest BCUT2D eigenvalue weighted by molar-refractivity contribution is -0.384. The number of rotatable bonds is 4. The van der Waals surface area contributed by atoms with Crippen LogP contribution in [0, 0.1) is 24.0 Å². The summed E-state index contributed by atoms with van der Waals surface area (Å²) in [4.78, 5) is 21.9. The maximum absolute atomic E-state index is 11.9. The summed E-state index contributed by atoms with van der Waals surface area (Å²) in [6.45, 7) is 3.44. The molecule has 0 aliphatic rings. The Morgan fingerprint density at radius 2 is 2.19 bits per heavy atom. The monoisotopic (exact) mass is 310 g/mol. The molecule has 0 saturated carbocycles. The Bertz CT molecular complexity index is 691. The molecule has 0 saturated heterocycles. The van der Waals surface area contributed by atoms with Gasteiger partial charge in [-0.05, 0) is 19.9 Å². The molecule has 110 valence electrons. The second-order valence-corrected chi connectivity index (χ2v) is 4.71. The second-order valence-electron chi connectivity index (χ2n) is 4.30. The van der Waals surface area contributed by atoms with E-state index in [0.29, 0.717) is 17.0 Å². The number of nitro groups is 1. The smallest absolute Gasteiger partial charge is 0.339 e. The summed E-state index contributed by atoms with van der Waals surface area (Å²) in [5.41, 5.74) is 1.19. The van der Waals surface area contributed by atoms with Gasteiger partial charge in [-0.2, -0.15) is 0 Å². The number of nitro benzene ring substituents is 1. The predicted molar refractivity (Wildman–Crippen MR) is 73.2 cm³/mol. The van der Waals surface area contributed by atoms with Crippen molar-refractivity contribution in [2.45, 2.75) is 20.5 Å². The molecule has 2 aromatic rings. The van der Waals surface area contributed by atoms with Crippen LogP contribution in [0.4, 0.5) is 5.69 Å². The second kappa shape index (κ2) is 5.92. The van der Waals surface area contributed by atoms with Gasteiger partial charge in [-0.3, -0.25) is 10.1 Å². The molecule has 2 rings (SSSR count). The SMILES string of the molecule is Cc1noc(C)c1COC(=O)c1ccc([N+](=O)[O-])cc1Cl. The number of esters is 1. The number of nitrogens with zero attached hydrogens (tertiary/aromatic N) is 2. The van der Waals surface area contributed by atoms with Crippen LogP contribution < -0.4 is 0 Å². The van der Waals surface area contributed by atoms with E-state index in [2.05, 4.69) is 5.16 Å². The molecule has 7 nitrogen and oxygen atoms in total. The van der Waals surface area contributed by atoms with Crippen LogP contribution in [0.2, 0.25) is 5.02 Å². The summed E-state index contributed by atoms with van der Waals surface area (Å²) >= 11 is 5.86. The van der Waals surface area contributed by atoms with E-state index < -0.39 is 10.9 Å². The highest BCUT2D eigenvalue weighted by Crippen LogP contribution is 2.23. The molecular weight excluding hydrogens is 300 g/mol. The van der Waals surface area contributed by atoms with Gasteiger partial charge in [-0.15, -0.1) is 0 Å². The zero-order valence-electron chi connectivity index (χ0n) is 11.3. The van der Waals surface area contributed by atoms with Crippen molar-refractivity contribution in [3.05, 3.63) is 55.9 Å². The molecule has 21 heavy (non-hydrogen) atoms. The molecule has 0 radical (unpaired) electrons. The van der Waals surface area contributed by atoms with Crippen LogP contribution in [0.3, 0.4) is 0 Å². The lowest BCUT2D eigenvalue weighted by Gasteiger charge is -2.06. The van der Waals surface area contributed by atoms with E-state index in [0.717, 1.165) is 6.07 Å². The van der Waals surface area contributed by atoms with E-state index in [1.807, 2.05) is 0 Å². The van der Waals surface area contributed by atoms with E-state index in [4.69, 9.17) is 20.9 Å². The molecule has 1 heterocycles. The van der Waals surface area contributed by atoms with Crippen molar-refractivity contribution in [2.75, 3.05) is 0 Å². The van der Waals surface area contributed by atoms with Gasteiger partial charge in [0.25, 0.3) is 5.69 Å². The zero-order valence-corrected chi connectivity index (χ0v) is 12.0. The molecule has 0 N–H and O–H groups in total. The van der Waals surface area contributed by atoms with E-state index in [1.165, 1.54) is 12.1 Å². The van der Waals surface area contributed by atoms with E-state index >= 15 is 0 Å². The fourth-order valence-corrected chi connectivity index (χ4v) is 1.96. The van der Waals surface area contributed by atoms with Gasteiger partial charge in [0.1, 0.15) is 12.4 Å². The normalized spacial score (nSPS) is 10.4. The molecule has 1 aromatic heterocycles. The average Bonchev–Trinajstić information content (AvgIpc) is 2.75. The third kappa shape index (κ3) is 3.19. The van der Waals surface area contributed by atoms with Gasteiger partial charge in [0, 0.05) is 12.1 Å². The van der Waals surface area contributed by atoms with Crippen molar-refractivity contribution < 1.29 is 19.0 Å². The number of carbonyl (C=O) groups excluding carboxylic acids is 1. The maximum Gasteiger partial charge on any atom is 0.339 e. The van der Waals surface area contributed by atoms with Crippen molar-refractivity contribution in [3.63, 3.8) is 0 Å². The fourth-order valence-electron chi connectivity index (χ4n) is 1.71. The highest BCUT2D eigenvalue weighted by atomic mass is 35.5. The number of halogens is 1. The number of hydrogen-bond acceptors (Lipinski definition) is 6. The first kappa shape index (κ1) is 15.0. The zero-order chi connectivity index (χ0) is 15.6. The molecule has 0 spiro atoms. The quantitative estimate of drug-likeness (QED) is 0.489. The number of aromatic nitrogens is 1. The van der Waals surface area contributed by atoms with Gasteiger partial charge >= 0.3 is 5.97 Å². The number of carbonyl (C=O) groups is 1. The van der Waals surface area contributed by atoms with E-state index in [-0.39, 0.29) is 22.9 Å². The van der Waals surface area contributed by atoms with Gasteiger partial charge in [0.15, 0.2) is 0 Å². The number of ether oxygens (including phenoxy) is 1. The molecule has 0 amide bonds. The molecule has 0 atom stereocenters. The highest BCUT2D eigenvalue weighted by Gasteiger charge is 2.17. The van der Waals surface area contributed by atoms with Crippen molar-refractivity contribution in [1.82, 2.24) is 5.16 Å². The number of hydrogen-bond donors (Lipinski definition) is 0. The largest absolute Gasteiger partial charge is 0.457 e. The summed E-state index contributed by atoms with van der Waals surface area (Å²) in [7, 11) is 0. The lowest BCUT2D eigenvalue weighted by atomic mass is 10.2. The number of aryl methyl sites for hydroxylation is 2. The van der Waals surface area contributed by atoms with Crippen LogP contribution >= 0.6 is 11.6 Å². The summed E-state index contributed by atoms with van der Waals surface area (Å²) in [6, 6.07) is 3.56. The number of benzene rings is 1. The van der Waals surface area contributed by atoms with Gasteiger partial charge in [0.2, 0.25) is 0 Å². The van der Waals surface area contributed by atoms with Gasteiger partial charge < -0.3 is 9.26 Å². The first-order valence-corrected chi connectivity index (χ1v) is 6.30. The van der Waals surface area contributed by atoms with Crippen molar-refractivity contribution in [2.24, 2.45) is 0 Å². The maximum atomic E-state index is 11.9. The predicted octanol–water partition coefficient (Wildman–Crippen LogP) is 3.21. The van der Waals surface area contributed by atoms with E-state index in [1.54, 1.807) is 13.8 Å². The van der Waals surface area contributed by atoms with Gasteiger partial charge in [0.05, 0.1) is 26.8 Å². The van der Waals surface area contributed by atoms with Gasteiger partial charge in [-0.25, -0.2) is 4.79 Å². The fraction of sp³-hybridized carbons (Fsp3) is 0.231. The Kier molecular flexibility index (Phi) is 4.23.